The van der Waals surface area contributed by atoms with Gasteiger partial charge in [-0.1, -0.05) is 18.2 Å². The molecule has 7 heteroatoms. The number of hydrogen-bond acceptors (Lipinski definition) is 4. The van der Waals surface area contributed by atoms with E-state index in [1.54, 1.807) is 35.3 Å². The van der Waals surface area contributed by atoms with Crippen LogP contribution in [-0.4, -0.2) is 24.9 Å². The second-order valence-electron chi connectivity index (χ2n) is 4.64. The summed E-state index contributed by atoms with van der Waals surface area (Å²) < 4.78 is 1.62. The van der Waals surface area contributed by atoms with Crippen LogP contribution in [0.3, 0.4) is 0 Å². The average molecular weight is 279 g/mol. The second-order valence-corrected chi connectivity index (χ2v) is 4.64. The molecule has 2 heterocycles. The number of aromatic nitrogens is 4. The van der Waals surface area contributed by atoms with Crippen molar-refractivity contribution in [3.8, 4) is 5.69 Å². The molecule has 0 amide bonds. The number of nitrogens with one attached hydrogen (secondary N) is 1. The predicted molar refractivity (Wildman–Crippen MR) is 77.4 cm³/mol. The summed E-state index contributed by atoms with van der Waals surface area (Å²) in [6.07, 6.45) is 3.49. The Hall–Kier alpha value is -3.22. The van der Waals surface area contributed by atoms with Crippen LogP contribution in [0.2, 0.25) is 0 Å². The second kappa shape index (κ2) is 4.14. The average Bonchev–Trinajstić information content (AvgIpc) is 3.12. The number of nitro benzene ring substituents is 1. The van der Waals surface area contributed by atoms with E-state index in [2.05, 4.69) is 15.3 Å². The minimum Gasteiger partial charge on any atom is -0.263 e. The Morgan fingerprint density at radius 1 is 1.14 bits per heavy atom. The van der Waals surface area contributed by atoms with Crippen molar-refractivity contribution in [2.45, 2.75) is 0 Å². The maximum Gasteiger partial charge on any atom is 0.294 e. The highest BCUT2D eigenvalue weighted by Crippen LogP contribution is 2.29. The number of aromatic amines is 1. The molecule has 2 aromatic heterocycles. The molecule has 0 saturated carbocycles. The van der Waals surface area contributed by atoms with Crippen molar-refractivity contribution in [3.63, 3.8) is 0 Å². The van der Waals surface area contributed by atoms with Crippen molar-refractivity contribution >= 4 is 27.5 Å². The standard InChI is InChI=1S/C14H9N5O2/c20-19(21)13-4-2-1-3-12(13)18-14-10-8-15-7-9(10)5-6-11(14)16-17-18/h1-8,17H. The lowest BCUT2D eigenvalue weighted by Crippen LogP contribution is -2.01. The Balaban J connectivity index is 2.12. The molecule has 0 bridgehead atoms. The largest absolute Gasteiger partial charge is 0.294 e. The normalized spacial score (nSPS) is 11.2. The Labute approximate surface area is 118 Å². The van der Waals surface area contributed by atoms with Gasteiger partial charge in [0.05, 0.1) is 4.92 Å². The zero-order valence-corrected chi connectivity index (χ0v) is 10.7. The fourth-order valence-corrected chi connectivity index (χ4v) is 2.51. The van der Waals surface area contributed by atoms with Gasteiger partial charge in [0.15, 0.2) is 0 Å². The van der Waals surface area contributed by atoms with E-state index in [0.717, 1.165) is 21.8 Å². The molecule has 102 valence electrons. The van der Waals surface area contributed by atoms with Gasteiger partial charge in [0.25, 0.3) is 5.69 Å². The molecule has 4 rings (SSSR count). The first-order valence-electron chi connectivity index (χ1n) is 6.29. The van der Waals surface area contributed by atoms with Crippen molar-refractivity contribution < 1.29 is 4.92 Å². The van der Waals surface area contributed by atoms with E-state index in [1.807, 2.05) is 12.1 Å². The molecule has 21 heavy (non-hydrogen) atoms. The third kappa shape index (κ3) is 1.61. The van der Waals surface area contributed by atoms with Crippen LogP contribution in [-0.2, 0) is 0 Å². The van der Waals surface area contributed by atoms with E-state index < -0.39 is 4.92 Å². The lowest BCUT2D eigenvalue weighted by molar-refractivity contribution is -0.384. The molecule has 0 aliphatic rings. The summed E-state index contributed by atoms with van der Waals surface area (Å²) in [5.74, 6) is 0. The van der Waals surface area contributed by atoms with Gasteiger partial charge >= 0.3 is 0 Å². The van der Waals surface area contributed by atoms with Crippen LogP contribution in [0.5, 0.6) is 0 Å². The van der Waals surface area contributed by atoms with Gasteiger partial charge in [0, 0.05) is 29.2 Å². The molecule has 1 N–H and O–H groups in total. The Morgan fingerprint density at radius 3 is 2.86 bits per heavy atom. The van der Waals surface area contributed by atoms with Gasteiger partial charge in [-0.2, -0.15) is 5.10 Å². The van der Waals surface area contributed by atoms with Gasteiger partial charge in [-0.15, -0.1) is 0 Å². The third-order valence-corrected chi connectivity index (χ3v) is 3.46. The number of fused-ring (bicyclic) bond motifs is 3. The smallest absolute Gasteiger partial charge is 0.263 e. The van der Waals surface area contributed by atoms with E-state index in [1.165, 1.54) is 6.07 Å². The van der Waals surface area contributed by atoms with Crippen molar-refractivity contribution in [2.75, 3.05) is 0 Å². The molecule has 0 saturated heterocycles. The molecule has 2 aromatic carbocycles. The molecule has 0 fully saturated rings. The summed E-state index contributed by atoms with van der Waals surface area (Å²) in [5, 5.41) is 20.1. The van der Waals surface area contributed by atoms with E-state index in [-0.39, 0.29) is 5.69 Å². The monoisotopic (exact) mass is 279 g/mol. The molecule has 0 spiro atoms. The van der Waals surface area contributed by atoms with Crippen molar-refractivity contribution in [1.82, 2.24) is 20.0 Å². The predicted octanol–water partition coefficient (Wildman–Crippen LogP) is 2.81. The minimum absolute atomic E-state index is 0.0181. The van der Waals surface area contributed by atoms with Gasteiger partial charge in [-0.25, -0.2) is 9.90 Å². The van der Waals surface area contributed by atoms with Crippen LogP contribution < -0.4 is 0 Å². The van der Waals surface area contributed by atoms with Crippen LogP contribution in [0, 0.1) is 10.1 Å². The molecule has 0 unspecified atom stereocenters. The fraction of sp³-hybridized carbons (Fsp3) is 0. The van der Waals surface area contributed by atoms with Gasteiger partial charge in [-0.3, -0.25) is 15.1 Å². The number of para-hydroxylation sites is 2. The molecule has 0 aliphatic carbocycles. The van der Waals surface area contributed by atoms with E-state index in [0.29, 0.717) is 5.69 Å². The fourth-order valence-electron chi connectivity index (χ4n) is 2.51. The third-order valence-electron chi connectivity index (χ3n) is 3.46. The molecule has 0 atom stereocenters. The lowest BCUT2D eigenvalue weighted by atomic mass is 10.2. The molecule has 7 nitrogen and oxygen atoms in total. The summed E-state index contributed by atoms with van der Waals surface area (Å²) in [6, 6.07) is 10.3. The first kappa shape index (κ1) is 11.6. The topological polar surface area (TPSA) is 89.6 Å². The molecular formula is C14H9N5O2. The lowest BCUT2D eigenvalue weighted by Gasteiger charge is -2.05. The zero-order valence-electron chi connectivity index (χ0n) is 10.7. The van der Waals surface area contributed by atoms with Crippen molar-refractivity contribution in [1.29, 1.82) is 0 Å². The summed E-state index contributed by atoms with van der Waals surface area (Å²) in [4.78, 5) is 14.9. The molecule has 0 radical (unpaired) electrons. The van der Waals surface area contributed by atoms with Crippen LogP contribution in [0.25, 0.3) is 27.5 Å². The number of nitrogens with zero attached hydrogens (tertiary/aromatic N) is 4. The Kier molecular flexibility index (Phi) is 2.28. The van der Waals surface area contributed by atoms with Crippen LogP contribution in [0.15, 0.2) is 48.8 Å². The Bertz CT molecular complexity index is 985. The number of benzene rings is 2. The highest BCUT2D eigenvalue weighted by Gasteiger charge is 2.18. The maximum atomic E-state index is 11.2. The Morgan fingerprint density at radius 2 is 2.00 bits per heavy atom. The SMILES string of the molecule is O=[N+]([O-])c1ccccc1-n1[nH]nc2ccc3cncc3c21. The van der Waals surface area contributed by atoms with Crippen LogP contribution in [0.1, 0.15) is 0 Å². The quantitative estimate of drug-likeness (QED) is 0.451. The van der Waals surface area contributed by atoms with Gasteiger partial charge in [0.2, 0.25) is 0 Å². The van der Waals surface area contributed by atoms with Crippen LogP contribution in [0.4, 0.5) is 5.69 Å². The van der Waals surface area contributed by atoms with E-state index >= 15 is 0 Å². The number of nitro groups is 1. The van der Waals surface area contributed by atoms with E-state index in [4.69, 9.17) is 0 Å². The minimum atomic E-state index is -0.404. The summed E-state index contributed by atoms with van der Waals surface area (Å²) in [7, 11) is 0. The first-order chi connectivity index (χ1) is 10.3. The first-order valence-corrected chi connectivity index (χ1v) is 6.29. The zero-order chi connectivity index (χ0) is 14.4. The highest BCUT2D eigenvalue weighted by molar-refractivity contribution is 6.04. The van der Waals surface area contributed by atoms with Crippen LogP contribution >= 0.6 is 0 Å². The molecular weight excluding hydrogens is 270 g/mol. The number of H-pyrrole nitrogens is 1. The van der Waals surface area contributed by atoms with E-state index in [9.17, 15) is 10.1 Å². The summed E-state index contributed by atoms with van der Waals surface area (Å²) in [5.41, 5.74) is 1.97. The maximum absolute atomic E-state index is 11.2. The number of hydrogen-bond donors (Lipinski definition) is 1. The summed E-state index contributed by atoms with van der Waals surface area (Å²) in [6.45, 7) is 0. The molecule has 0 aliphatic heterocycles. The highest BCUT2D eigenvalue weighted by atomic mass is 16.6. The van der Waals surface area contributed by atoms with Gasteiger partial charge in [0.1, 0.15) is 16.7 Å². The van der Waals surface area contributed by atoms with Gasteiger partial charge in [-0.05, 0) is 12.1 Å². The molecule has 4 aromatic rings. The van der Waals surface area contributed by atoms with Crippen molar-refractivity contribution in [2.24, 2.45) is 0 Å². The van der Waals surface area contributed by atoms with Crippen molar-refractivity contribution in [3.05, 3.63) is 58.9 Å². The van der Waals surface area contributed by atoms with Gasteiger partial charge < -0.3 is 0 Å². The summed E-state index contributed by atoms with van der Waals surface area (Å²) >= 11 is 0. The number of rotatable bonds is 2.